The molecule has 0 radical (unpaired) electrons. The van der Waals surface area contributed by atoms with Crippen LogP contribution in [0.4, 0.5) is 13.2 Å². The number of imide groups is 1. The maximum Gasteiger partial charge on any atom is 0.435 e. The van der Waals surface area contributed by atoms with E-state index in [-0.39, 0.29) is 61.5 Å². The van der Waals surface area contributed by atoms with Gasteiger partial charge >= 0.3 is 6.18 Å². The summed E-state index contributed by atoms with van der Waals surface area (Å²) < 4.78 is 40.2. The highest BCUT2D eigenvalue weighted by atomic mass is 19.4. The molecule has 1 aliphatic heterocycles. The van der Waals surface area contributed by atoms with E-state index >= 15 is 0 Å². The van der Waals surface area contributed by atoms with Gasteiger partial charge in [0.15, 0.2) is 5.69 Å². The zero-order valence-electron chi connectivity index (χ0n) is 17.3. The maximum absolute atomic E-state index is 12.9. The summed E-state index contributed by atoms with van der Waals surface area (Å²) >= 11 is 0. The number of alkyl halides is 3. The largest absolute Gasteiger partial charge is 0.435 e. The van der Waals surface area contributed by atoms with Crippen molar-refractivity contribution in [2.75, 3.05) is 13.1 Å². The molecule has 0 spiro atoms. The lowest BCUT2D eigenvalue weighted by molar-refractivity contribution is -0.142. The van der Waals surface area contributed by atoms with Crippen LogP contribution in [0, 0.1) is 11.8 Å². The Morgan fingerprint density at radius 3 is 2.29 bits per heavy atom. The molecule has 31 heavy (non-hydrogen) atoms. The number of hydrogen-bond acceptors (Lipinski definition) is 4. The minimum Gasteiger partial charge on any atom is -0.356 e. The molecule has 0 bridgehead atoms. The van der Waals surface area contributed by atoms with Crippen LogP contribution in [0.15, 0.2) is 6.07 Å². The topological polar surface area (TPSA) is 84.3 Å². The van der Waals surface area contributed by atoms with E-state index in [2.05, 4.69) is 10.4 Å². The predicted molar refractivity (Wildman–Crippen MR) is 104 cm³/mol. The Balaban J connectivity index is 1.21. The fraction of sp³-hybridized carbons (Fsp3) is 0.714. The summed E-state index contributed by atoms with van der Waals surface area (Å²) in [5.74, 6) is -0.906. The van der Waals surface area contributed by atoms with E-state index in [0.29, 0.717) is 12.1 Å². The van der Waals surface area contributed by atoms with E-state index in [4.69, 9.17) is 0 Å². The van der Waals surface area contributed by atoms with Crippen molar-refractivity contribution in [3.05, 3.63) is 17.5 Å². The Bertz CT molecular complexity index is 839. The van der Waals surface area contributed by atoms with Crippen LogP contribution in [0.25, 0.3) is 0 Å². The van der Waals surface area contributed by atoms with Gasteiger partial charge < -0.3 is 5.32 Å². The first-order valence-electron chi connectivity index (χ1n) is 11.0. The molecule has 1 aromatic rings. The maximum atomic E-state index is 12.9. The second-order valence-corrected chi connectivity index (χ2v) is 8.73. The van der Waals surface area contributed by atoms with E-state index in [9.17, 15) is 27.6 Å². The van der Waals surface area contributed by atoms with Crippen molar-refractivity contribution in [1.29, 1.82) is 0 Å². The third-order valence-corrected chi connectivity index (χ3v) is 6.46. The van der Waals surface area contributed by atoms with Crippen LogP contribution in [-0.2, 0) is 27.1 Å². The van der Waals surface area contributed by atoms with Crippen molar-refractivity contribution in [3.63, 3.8) is 0 Å². The second-order valence-electron chi connectivity index (χ2n) is 8.73. The third kappa shape index (κ3) is 4.77. The van der Waals surface area contributed by atoms with Gasteiger partial charge in [0, 0.05) is 37.7 Å². The lowest BCUT2D eigenvalue weighted by Gasteiger charge is -2.19. The number of amides is 3. The fourth-order valence-electron chi connectivity index (χ4n) is 4.67. The van der Waals surface area contributed by atoms with Crippen LogP contribution in [0.1, 0.15) is 68.7 Å². The van der Waals surface area contributed by atoms with Crippen LogP contribution in [-0.4, -0.2) is 45.5 Å². The van der Waals surface area contributed by atoms with Crippen LogP contribution in [0.2, 0.25) is 0 Å². The Kier molecular flexibility index (Phi) is 6.07. The summed E-state index contributed by atoms with van der Waals surface area (Å²) in [4.78, 5) is 38.2. The summed E-state index contributed by atoms with van der Waals surface area (Å²) in [6.45, 7) is 0.655. The lowest BCUT2D eigenvalue weighted by Crippen LogP contribution is -2.35. The molecule has 0 unspecified atom stereocenters. The molecule has 3 fully saturated rings. The van der Waals surface area contributed by atoms with Gasteiger partial charge in [-0.05, 0) is 38.2 Å². The molecule has 4 rings (SSSR count). The van der Waals surface area contributed by atoms with Gasteiger partial charge in [-0.3, -0.25) is 24.0 Å². The molecule has 170 valence electrons. The molecule has 2 aliphatic carbocycles. The van der Waals surface area contributed by atoms with Crippen LogP contribution in [0.3, 0.4) is 0 Å². The molecule has 7 nitrogen and oxygen atoms in total. The number of aromatic nitrogens is 2. The first-order chi connectivity index (χ1) is 14.8. The fourth-order valence-corrected chi connectivity index (χ4v) is 4.67. The number of carbonyl (C=O) groups is 3. The molecule has 10 heteroatoms. The predicted octanol–water partition coefficient (Wildman–Crippen LogP) is 2.85. The van der Waals surface area contributed by atoms with Crippen molar-refractivity contribution < 1.29 is 27.6 Å². The van der Waals surface area contributed by atoms with E-state index in [1.807, 2.05) is 0 Å². The highest BCUT2D eigenvalue weighted by molar-refractivity contribution is 6.05. The molecule has 2 heterocycles. The zero-order chi connectivity index (χ0) is 22.2. The molecule has 0 aromatic carbocycles. The molecule has 1 aromatic heterocycles. The first kappa shape index (κ1) is 21.8. The number of nitrogens with one attached hydrogen (secondary N) is 1. The third-order valence-electron chi connectivity index (χ3n) is 6.46. The summed E-state index contributed by atoms with van der Waals surface area (Å²) in [6, 6.07) is 1.12. The number of halogens is 3. The Morgan fingerprint density at radius 1 is 1.06 bits per heavy atom. The van der Waals surface area contributed by atoms with Crippen LogP contribution in [0.5, 0.6) is 0 Å². The molecular formula is C21H27F3N4O3. The molecular weight excluding hydrogens is 413 g/mol. The molecule has 2 atom stereocenters. The standard InChI is InChI=1S/C21H27F3N4O3/c22-21(23,24)17-12-16(13-6-7-13)28(26-17)10-3-9-25-18(29)8-11-27-19(30)14-4-1-2-5-15(14)20(27)31/h12-15H,1-11H2,(H,25,29)/t14-,15-/m1/s1. The van der Waals surface area contributed by atoms with Gasteiger partial charge in [0.1, 0.15) is 0 Å². The monoisotopic (exact) mass is 440 g/mol. The highest BCUT2D eigenvalue weighted by Crippen LogP contribution is 2.42. The Morgan fingerprint density at radius 2 is 1.71 bits per heavy atom. The Labute approximate surface area is 178 Å². The van der Waals surface area contributed by atoms with E-state index < -0.39 is 11.9 Å². The van der Waals surface area contributed by atoms with E-state index in [1.165, 1.54) is 9.58 Å². The average molecular weight is 440 g/mol. The number of nitrogens with zero attached hydrogens (tertiary/aromatic N) is 3. The molecule has 2 saturated carbocycles. The lowest BCUT2D eigenvalue weighted by atomic mass is 9.81. The number of fused-ring (bicyclic) bond motifs is 1. The van der Waals surface area contributed by atoms with Crippen LogP contribution >= 0.6 is 0 Å². The second kappa shape index (κ2) is 8.63. The quantitative estimate of drug-likeness (QED) is 0.498. The minimum atomic E-state index is -4.47. The smallest absolute Gasteiger partial charge is 0.356 e. The van der Waals surface area contributed by atoms with Gasteiger partial charge in [-0.2, -0.15) is 18.3 Å². The van der Waals surface area contributed by atoms with Gasteiger partial charge in [0.05, 0.1) is 11.8 Å². The van der Waals surface area contributed by atoms with Crippen LogP contribution < -0.4 is 5.32 Å². The highest BCUT2D eigenvalue weighted by Gasteiger charge is 2.47. The van der Waals surface area contributed by atoms with Crippen molar-refractivity contribution in [2.24, 2.45) is 11.8 Å². The molecule has 1 N–H and O–H groups in total. The Hall–Kier alpha value is -2.39. The SMILES string of the molecule is O=C(CCN1C(=O)[C@@H]2CCCC[C@H]2C1=O)NCCCn1nc(C(F)(F)F)cc1C1CC1. The summed E-state index contributed by atoms with van der Waals surface area (Å²) in [5, 5.41) is 6.42. The van der Waals surface area contributed by atoms with Gasteiger partial charge in [-0.1, -0.05) is 12.8 Å². The van der Waals surface area contributed by atoms with Crippen molar-refractivity contribution in [2.45, 2.75) is 70.0 Å². The number of rotatable bonds is 8. The van der Waals surface area contributed by atoms with Crippen molar-refractivity contribution in [1.82, 2.24) is 20.0 Å². The zero-order valence-corrected chi connectivity index (χ0v) is 17.3. The van der Waals surface area contributed by atoms with Crippen molar-refractivity contribution >= 4 is 17.7 Å². The van der Waals surface area contributed by atoms with Gasteiger partial charge in [-0.25, -0.2) is 0 Å². The first-order valence-corrected chi connectivity index (χ1v) is 11.0. The van der Waals surface area contributed by atoms with E-state index in [0.717, 1.165) is 44.6 Å². The summed E-state index contributed by atoms with van der Waals surface area (Å²) in [5.41, 5.74) is -0.273. The normalized spacial score (nSPS) is 23.9. The number of aryl methyl sites for hydroxylation is 1. The van der Waals surface area contributed by atoms with Gasteiger partial charge in [-0.15, -0.1) is 0 Å². The van der Waals surface area contributed by atoms with E-state index in [1.54, 1.807) is 0 Å². The minimum absolute atomic E-state index is 0.0320. The summed E-state index contributed by atoms with van der Waals surface area (Å²) in [6.07, 6.45) is 1.14. The number of carbonyl (C=O) groups excluding carboxylic acids is 3. The molecule has 1 saturated heterocycles. The molecule has 3 aliphatic rings. The van der Waals surface area contributed by atoms with Crippen molar-refractivity contribution in [3.8, 4) is 0 Å². The molecule has 3 amide bonds. The van der Waals surface area contributed by atoms with Gasteiger partial charge in [0.2, 0.25) is 17.7 Å². The summed E-state index contributed by atoms with van der Waals surface area (Å²) in [7, 11) is 0. The average Bonchev–Trinajstić information content (AvgIpc) is 3.43. The van der Waals surface area contributed by atoms with Gasteiger partial charge in [0.25, 0.3) is 0 Å². The number of hydrogen-bond donors (Lipinski definition) is 1. The number of likely N-dealkylation sites (tertiary alicyclic amines) is 1.